The van der Waals surface area contributed by atoms with Crippen LogP contribution in [0.25, 0.3) is 11.3 Å². The van der Waals surface area contributed by atoms with Crippen molar-refractivity contribution in [2.45, 2.75) is 58.4 Å². The minimum Gasteiger partial charge on any atom is -0.363 e. The summed E-state index contributed by atoms with van der Waals surface area (Å²) in [5, 5.41) is 14.9. The van der Waals surface area contributed by atoms with Crippen LogP contribution in [0.2, 0.25) is 0 Å². The molecule has 0 aliphatic heterocycles. The van der Waals surface area contributed by atoms with Crippen LogP contribution < -0.4 is 15.7 Å². The van der Waals surface area contributed by atoms with Gasteiger partial charge in [-0.05, 0) is 36.5 Å². The van der Waals surface area contributed by atoms with E-state index in [2.05, 4.69) is 10.3 Å². The number of carbonyl (C=O) groups excluding carboxylic acids is 1. The lowest BCUT2D eigenvalue weighted by molar-refractivity contribution is -0.384. The fourth-order valence-corrected chi connectivity index (χ4v) is 3.86. The molecule has 9 nitrogen and oxygen atoms in total. The van der Waals surface area contributed by atoms with Crippen molar-refractivity contribution < 1.29 is 14.6 Å². The summed E-state index contributed by atoms with van der Waals surface area (Å²) in [6, 6.07) is 14.4. The van der Waals surface area contributed by atoms with E-state index in [1.54, 1.807) is 6.07 Å². The maximum Gasteiger partial charge on any atom is 0.330 e. The summed E-state index contributed by atoms with van der Waals surface area (Å²) in [7, 11) is 0. The molecule has 0 saturated heterocycles. The topological polar surface area (TPSA) is 116 Å². The molecule has 1 fully saturated rings. The zero-order chi connectivity index (χ0) is 25.3. The van der Waals surface area contributed by atoms with Gasteiger partial charge in [-0.2, -0.15) is 0 Å². The Labute approximate surface area is 202 Å². The van der Waals surface area contributed by atoms with Crippen molar-refractivity contribution in [1.29, 1.82) is 0 Å². The number of non-ortho nitro benzene ring substituents is 1. The average Bonchev–Trinajstić information content (AvgIpc) is 3.60. The van der Waals surface area contributed by atoms with Crippen molar-refractivity contribution in [3.05, 3.63) is 85.8 Å². The third-order valence-electron chi connectivity index (χ3n) is 5.60. The predicted octanol–water partition coefficient (Wildman–Crippen LogP) is 4.26. The lowest BCUT2D eigenvalue weighted by atomic mass is 9.87. The standard InChI is InChI=1S/C26H28N4O5/c1-16(31)35-29-22(23(26(2,3)4)28-24(25(29)32)27-20-10-11-20)19-13-18(14-21(15-19)30(33)34)12-17-8-6-5-7-9-17/h5-9,13-15,20H,10-12H2,1-4H3,(H,27,28). The summed E-state index contributed by atoms with van der Waals surface area (Å²) in [4.78, 5) is 46.7. The molecule has 0 atom stereocenters. The number of nitrogens with one attached hydrogen (secondary N) is 1. The van der Waals surface area contributed by atoms with Gasteiger partial charge in [-0.25, -0.2) is 9.78 Å². The van der Waals surface area contributed by atoms with Crippen LogP contribution in [-0.4, -0.2) is 26.6 Å². The zero-order valence-corrected chi connectivity index (χ0v) is 20.2. The molecule has 4 rings (SSSR count). The maximum absolute atomic E-state index is 13.4. The molecule has 1 aliphatic rings. The first-order valence-corrected chi connectivity index (χ1v) is 11.5. The number of rotatable bonds is 7. The minimum atomic E-state index is -0.688. The first-order chi connectivity index (χ1) is 16.5. The SMILES string of the molecule is CC(=O)On1c(-c2cc(Cc3ccccc3)cc([N+](=O)[O-])c2)c(C(C)(C)C)nc(NC2CC2)c1=O. The molecule has 1 heterocycles. The molecular weight excluding hydrogens is 448 g/mol. The Morgan fingerprint density at radius 2 is 1.86 bits per heavy atom. The highest BCUT2D eigenvalue weighted by Gasteiger charge is 2.31. The predicted molar refractivity (Wildman–Crippen MR) is 132 cm³/mol. The van der Waals surface area contributed by atoms with Crippen molar-refractivity contribution >= 4 is 17.5 Å². The second-order valence-electron chi connectivity index (χ2n) is 9.82. The number of nitrogens with zero attached hydrogens (tertiary/aromatic N) is 3. The van der Waals surface area contributed by atoms with Gasteiger partial charge in [0.25, 0.3) is 5.69 Å². The molecule has 0 spiro atoms. The summed E-state index contributed by atoms with van der Waals surface area (Å²) in [6.07, 6.45) is 2.30. The fourth-order valence-electron chi connectivity index (χ4n) is 3.86. The van der Waals surface area contributed by atoms with Crippen LogP contribution in [0.3, 0.4) is 0 Å². The van der Waals surface area contributed by atoms with Gasteiger partial charge in [-0.3, -0.25) is 14.9 Å². The molecule has 1 aliphatic carbocycles. The molecule has 1 saturated carbocycles. The molecule has 0 amide bonds. The maximum atomic E-state index is 13.4. The molecule has 2 aromatic carbocycles. The van der Waals surface area contributed by atoms with Crippen LogP contribution in [0.5, 0.6) is 0 Å². The van der Waals surface area contributed by atoms with E-state index in [0.717, 1.165) is 23.1 Å². The highest BCUT2D eigenvalue weighted by Crippen LogP contribution is 2.35. The van der Waals surface area contributed by atoms with E-state index in [4.69, 9.17) is 4.84 Å². The summed E-state index contributed by atoms with van der Waals surface area (Å²) in [6.45, 7) is 6.97. The van der Waals surface area contributed by atoms with Crippen LogP contribution in [0.4, 0.5) is 11.5 Å². The molecule has 0 unspecified atom stereocenters. The van der Waals surface area contributed by atoms with Gasteiger partial charge >= 0.3 is 11.5 Å². The van der Waals surface area contributed by atoms with Crippen molar-refractivity contribution in [1.82, 2.24) is 9.71 Å². The van der Waals surface area contributed by atoms with Gasteiger partial charge in [0.15, 0.2) is 5.82 Å². The number of hydrogen-bond acceptors (Lipinski definition) is 7. The number of nitro groups is 1. The van der Waals surface area contributed by atoms with E-state index in [1.807, 2.05) is 51.1 Å². The summed E-state index contributed by atoms with van der Waals surface area (Å²) >= 11 is 0. The van der Waals surface area contributed by atoms with E-state index in [9.17, 15) is 19.7 Å². The van der Waals surface area contributed by atoms with Crippen LogP contribution in [0, 0.1) is 10.1 Å². The number of aromatic nitrogens is 2. The normalized spacial score (nSPS) is 13.4. The van der Waals surface area contributed by atoms with Gasteiger partial charge < -0.3 is 10.2 Å². The van der Waals surface area contributed by atoms with Crippen LogP contribution >= 0.6 is 0 Å². The Kier molecular flexibility index (Phi) is 6.43. The molecule has 0 radical (unpaired) electrons. The van der Waals surface area contributed by atoms with E-state index >= 15 is 0 Å². The molecule has 182 valence electrons. The average molecular weight is 477 g/mol. The van der Waals surface area contributed by atoms with E-state index in [0.29, 0.717) is 23.2 Å². The van der Waals surface area contributed by atoms with Crippen molar-refractivity contribution in [3.63, 3.8) is 0 Å². The van der Waals surface area contributed by atoms with Crippen LogP contribution in [-0.2, 0) is 16.6 Å². The summed E-state index contributed by atoms with van der Waals surface area (Å²) in [5.41, 5.74) is 1.41. The quantitative estimate of drug-likeness (QED) is 0.400. The van der Waals surface area contributed by atoms with Crippen LogP contribution in [0.15, 0.2) is 53.3 Å². The van der Waals surface area contributed by atoms with Gasteiger partial charge in [-0.1, -0.05) is 51.1 Å². The number of nitro benzene ring substituents is 1. The molecule has 35 heavy (non-hydrogen) atoms. The Balaban J connectivity index is 1.98. The van der Waals surface area contributed by atoms with Gasteiger partial charge in [0.05, 0.1) is 10.6 Å². The van der Waals surface area contributed by atoms with E-state index < -0.39 is 21.9 Å². The Hall–Kier alpha value is -4.01. The lowest BCUT2D eigenvalue weighted by Gasteiger charge is -2.25. The Morgan fingerprint density at radius 1 is 1.17 bits per heavy atom. The fraction of sp³-hybridized carbons (Fsp3) is 0.346. The summed E-state index contributed by atoms with van der Waals surface area (Å²) in [5.74, 6) is -0.593. The van der Waals surface area contributed by atoms with Gasteiger partial charge in [0, 0.05) is 36.1 Å². The second-order valence-corrected chi connectivity index (χ2v) is 9.82. The third-order valence-corrected chi connectivity index (χ3v) is 5.60. The molecule has 0 bridgehead atoms. The first kappa shape index (κ1) is 24.1. The highest BCUT2D eigenvalue weighted by molar-refractivity contribution is 5.71. The number of hydrogen-bond donors (Lipinski definition) is 1. The Morgan fingerprint density at radius 3 is 2.43 bits per heavy atom. The van der Waals surface area contributed by atoms with Crippen LogP contribution in [0.1, 0.15) is 57.4 Å². The van der Waals surface area contributed by atoms with Crippen molar-refractivity contribution in [3.8, 4) is 11.3 Å². The number of anilines is 1. The van der Waals surface area contributed by atoms with E-state index in [-0.39, 0.29) is 23.2 Å². The molecule has 1 N–H and O–H groups in total. The molecule has 3 aromatic rings. The van der Waals surface area contributed by atoms with Gasteiger partial charge in [0.1, 0.15) is 5.69 Å². The first-order valence-electron chi connectivity index (χ1n) is 11.5. The summed E-state index contributed by atoms with van der Waals surface area (Å²) < 4.78 is 0.923. The number of benzene rings is 2. The van der Waals surface area contributed by atoms with Crippen molar-refractivity contribution in [2.24, 2.45) is 0 Å². The molecular formula is C26H28N4O5. The third kappa shape index (κ3) is 5.56. The highest BCUT2D eigenvalue weighted by atomic mass is 16.7. The Bertz CT molecular complexity index is 1340. The van der Waals surface area contributed by atoms with E-state index in [1.165, 1.54) is 19.1 Å². The largest absolute Gasteiger partial charge is 0.363 e. The second kappa shape index (κ2) is 9.32. The lowest BCUT2D eigenvalue weighted by Crippen LogP contribution is -2.36. The zero-order valence-electron chi connectivity index (χ0n) is 20.2. The number of carbonyl (C=O) groups is 1. The van der Waals surface area contributed by atoms with Crippen molar-refractivity contribution in [2.75, 3.05) is 5.32 Å². The molecule has 9 heteroatoms. The molecule has 1 aromatic heterocycles. The smallest absolute Gasteiger partial charge is 0.330 e. The van der Waals surface area contributed by atoms with Gasteiger partial charge in [-0.15, -0.1) is 4.73 Å². The van der Waals surface area contributed by atoms with Gasteiger partial charge in [0.2, 0.25) is 0 Å². The monoisotopic (exact) mass is 476 g/mol. The minimum absolute atomic E-state index is 0.0948.